The van der Waals surface area contributed by atoms with Gasteiger partial charge in [-0.15, -0.1) is 0 Å². The minimum absolute atomic E-state index is 0.0515. The zero-order valence-electron chi connectivity index (χ0n) is 21.7. The van der Waals surface area contributed by atoms with E-state index in [0.29, 0.717) is 3.57 Å². The third-order valence-corrected chi connectivity index (χ3v) is 10.6. The van der Waals surface area contributed by atoms with Crippen LogP contribution in [-0.4, -0.2) is 50.3 Å². The summed E-state index contributed by atoms with van der Waals surface area (Å²) >= 11 is 1.92. The molecule has 15 heteroatoms. The fraction of sp³-hybridized carbons (Fsp3) is 0.308. The van der Waals surface area contributed by atoms with E-state index in [1.54, 1.807) is 6.07 Å². The first-order valence-corrected chi connectivity index (χ1v) is 16.6. The molecule has 0 radical (unpaired) electrons. The quantitative estimate of drug-likeness (QED) is 0.157. The van der Waals surface area contributed by atoms with Gasteiger partial charge in [0.25, 0.3) is 0 Å². The molecule has 3 aromatic carbocycles. The van der Waals surface area contributed by atoms with Crippen molar-refractivity contribution in [3.05, 3.63) is 69.8 Å². The van der Waals surface area contributed by atoms with Gasteiger partial charge < -0.3 is 20.3 Å². The van der Waals surface area contributed by atoms with Crippen LogP contribution in [0.4, 0.5) is 31.5 Å². The zero-order chi connectivity index (χ0) is 30.0. The van der Waals surface area contributed by atoms with Crippen molar-refractivity contribution in [2.75, 3.05) is 27.1 Å². The summed E-state index contributed by atoms with van der Waals surface area (Å²) in [6.07, 6.45) is -1.08. The molecule has 3 aromatic rings. The van der Waals surface area contributed by atoms with E-state index in [1.165, 1.54) is 43.3 Å². The van der Waals surface area contributed by atoms with Crippen LogP contribution in [-0.2, 0) is 20.0 Å². The minimum atomic E-state index is -4.25. The summed E-state index contributed by atoms with van der Waals surface area (Å²) in [6.45, 7) is 0.837. The molecule has 10 nitrogen and oxygen atoms in total. The number of hydrogen-bond donors (Lipinski definition) is 5. The molecule has 41 heavy (non-hydrogen) atoms. The van der Waals surface area contributed by atoms with Crippen molar-refractivity contribution in [2.45, 2.75) is 37.0 Å². The Labute approximate surface area is 250 Å². The largest absolute Gasteiger partial charge is 0.455 e. The number of rotatable bonds is 13. The van der Waals surface area contributed by atoms with Gasteiger partial charge in [0.2, 0.25) is 20.0 Å². The molecule has 1 atom stereocenters. The number of aliphatic hydroxyl groups excluding tert-OH is 2. The molecule has 0 amide bonds. The van der Waals surface area contributed by atoms with Gasteiger partial charge in [-0.05, 0) is 85.2 Å². The van der Waals surface area contributed by atoms with E-state index in [4.69, 9.17) is 4.74 Å². The molecule has 0 heterocycles. The molecule has 4 rings (SSSR count). The van der Waals surface area contributed by atoms with E-state index in [2.05, 4.69) is 14.8 Å². The molecule has 0 spiro atoms. The third kappa shape index (κ3) is 7.57. The van der Waals surface area contributed by atoms with E-state index in [1.807, 2.05) is 22.6 Å². The Bertz CT molecular complexity index is 1650. The average Bonchev–Trinajstić information content (AvgIpc) is 3.69. The van der Waals surface area contributed by atoms with E-state index in [-0.39, 0.29) is 59.3 Å². The summed E-state index contributed by atoms with van der Waals surface area (Å²) in [5.74, 6) is -1.93. The van der Waals surface area contributed by atoms with E-state index in [9.17, 15) is 35.8 Å². The second-order valence-electron chi connectivity index (χ2n) is 9.54. The smallest absolute Gasteiger partial charge is 0.238 e. The van der Waals surface area contributed by atoms with Crippen LogP contribution in [0.25, 0.3) is 0 Å². The van der Waals surface area contributed by atoms with Crippen LogP contribution >= 0.6 is 22.6 Å². The van der Waals surface area contributed by atoms with Crippen molar-refractivity contribution < 1.29 is 40.6 Å². The number of halogens is 3. The topological polar surface area (TPSA) is 154 Å². The van der Waals surface area contributed by atoms with Crippen LogP contribution in [0.2, 0.25) is 0 Å². The van der Waals surface area contributed by atoms with Crippen LogP contribution in [0.3, 0.4) is 0 Å². The van der Waals surface area contributed by atoms with E-state index in [0.717, 1.165) is 12.1 Å². The molecule has 0 aromatic heterocycles. The maximum Gasteiger partial charge on any atom is 0.238 e. The molecule has 222 valence electrons. The molecule has 1 aliphatic rings. The summed E-state index contributed by atoms with van der Waals surface area (Å²) in [5, 5.41) is 21.9. The second kappa shape index (κ2) is 12.2. The van der Waals surface area contributed by atoms with E-state index >= 15 is 0 Å². The third-order valence-electron chi connectivity index (χ3n) is 6.42. The number of ether oxygens (including phenoxy) is 1. The normalized spacial score (nSPS) is 15.2. The summed E-state index contributed by atoms with van der Waals surface area (Å²) in [7, 11) is -7.86. The standard InChI is InChI=1S/C26H28F2IN3O7S2/c1-2-40(35,36)31-18-4-3-5-20(13-18)39-24-11-16(27)10-23(30-22-7-6-17(29)12-21(22)28)25(24)32-41(37,38)26(8-9-26)14-19(34)15-33/h3-7,10-13,19,30-34H,2,8-9,14-15H2,1H3. The molecule has 1 aliphatic carbocycles. The van der Waals surface area contributed by atoms with Crippen molar-refractivity contribution in [1.82, 2.24) is 0 Å². The fourth-order valence-electron chi connectivity index (χ4n) is 4.06. The maximum atomic E-state index is 14.9. The Kier molecular flexibility index (Phi) is 9.32. The van der Waals surface area contributed by atoms with E-state index < -0.39 is 49.1 Å². The number of nitrogens with one attached hydrogen (secondary N) is 3. The summed E-state index contributed by atoms with van der Waals surface area (Å²) in [5.41, 5.74) is -0.300. The van der Waals surface area contributed by atoms with Crippen LogP contribution in [0, 0.1) is 15.2 Å². The highest BCUT2D eigenvalue weighted by Gasteiger charge is 2.55. The van der Waals surface area contributed by atoms with Crippen LogP contribution in [0.1, 0.15) is 26.2 Å². The summed E-state index contributed by atoms with van der Waals surface area (Å²) in [6, 6.07) is 11.9. The van der Waals surface area contributed by atoms with Crippen molar-refractivity contribution >= 4 is 65.4 Å². The van der Waals surface area contributed by atoms with Gasteiger partial charge in [0.05, 0.1) is 40.3 Å². The SMILES string of the molecule is CCS(=O)(=O)Nc1cccc(Oc2cc(F)cc(Nc3ccc(I)cc3F)c2NS(=O)(=O)C2(CC(O)CO)CC2)c1. The number of aliphatic hydroxyl groups is 2. The Morgan fingerprint density at radius 3 is 2.39 bits per heavy atom. The maximum absolute atomic E-state index is 14.9. The lowest BCUT2D eigenvalue weighted by atomic mass is 10.2. The van der Waals surface area contributed by atoms with Gasteiger partial charge in [-0.2, -0.15) is 0 Å². The zero-order valence-corrected chi connectivity index (χ0v) is 25.5. The number of benzene rings is 3. The minimum Gasteiger partial charge on any atom is -0.455 e. The second-order valence-corrected chi connectivity index (χ2v) is 14.9. The Balaban J connectivity index is 1.78. The Hall–Kier alpha value is -2.73. The monoisotopic (exact) mass is 723 g/mol. The predicted molar refractivity (Wildman–Crippen MR) is 161 cm³/mol. The lowest BCUT2D eigenvalue weighted by Crippen LogP contribution is -2.34. The molecular weight excluding hydrogens is 695 g/mol. The molecular formula is C26H28F2IN3O7S2. The molecule has 0 aliphatic heterocycles. The first-order valence-electron chi connectivity index (χ1n) is 12.4. The molecule has 0 bridgehead atoms. The number of anilines is 4. The Morgan fingerprint density at radius 1 is 1.02 bits per heavy atom. The number of hydrogen-bond acceptors (Lipinski definition) is 8. The molecule has 5 N–H and O–H groups in total. The van der Waals surface area contributed by atoms with Gasteiger partial charge in [-0.3, -0.25) is 9.44 Å². The molecule has 0 saturated heterocycles. The number of sulfonamides is 2. The van der Waals surface area contributed by atoms with Gasteiger partial charge in [-0.1, -0.05) is 6.07 Å². The van der Waals surface area contributed by atoms with Gasteiger partial charge >= 0.3 is 0 Å². The molecule has 1 fully saturated rings. The Morgan fingerprint density at radius 2 is 1.76 bits per heavy atom. The first kappa shape index (κ1) is 31.2. The van der Waals surface area contributed by atoms with Crippen molar-refractivity contribution in [2.24, 2.45) is 0 Å². The average molecular weight is 724 g/mol. The van der Waals surface area contributed by atoms with Crippen LogP contribution in [0.5, 0.6) is 11.5 Å². The van der Waals surface area contributed by atoms with Crippen molar-refractivity contribution in [3.63, 3.8) is 0 Å². The summed E-state index contributed by atoms with van der Waals surface area (Å²) < 4.78 is 90.6. The molecule has 1 unspecified atom stereocenters. The lowest BCUT2D eigenvalue weighted by molar-refractivity contribution is 0.0858. The van der Waals surface area contributed by atoms with Gasteiger partial charge in [0.15, 0.2) is 5.75 Å². The predicted octanol–water partition coefficient (Wildman–Crippen LogP) is 4.88. The van der Waals surface area contributed by atoms with Gasteiger partial charge in [-0.25, -0.2) is 25.6 Å². The summed E-state index contributed by atoms with van der Waals surface area (Å²) in [4.78, 5) is 0. The first-order chi connectivity index (χ1) is 19.3. The van der Waals surface area contributed by atoms with Crippen LogP contribution < -0.4 is 19.5 Å². The van der Waals surface area contributed by atoms with Crippen molar-refractivity contribution in [1.29, 1.82) is 0 Å². The lowest BCUT2D eigenvalue weighted by Gasteiger charge is -2.23. The van der Waals surface area contributed by atoms with Gasteiger partial charge in [0, 0.05) is 15.7 Å². The van der Waals surface area contributed by atoms with Crippen molar-refractivity contribution in [3.8, 4) is 11.5 Å². The van der Waals surface area contributed by atoms with Crippen LogP contribution in [0.15, 0.2) is 54.6 Å². The fourth-order valence-corrected chi connectivity index (χ4v) is 6.89. The highest BCUT2D eigenvalue weighted by molar-refractivity contribution is 14.1. The highest BCUT2D eigenvalue weighted by Crippen LogP contribution is 2.50. The highest BCUT2D eigenvalue weighted by atomic mass is 127. The molecule has 1 saturated carbocycles. The van der Waals surface area contributed by atoms with Gasteiger partial charge in [0.1, 0.15) is 23.1 Å².